The van der Waals surface area contributed by atoms with Crippen LogP contribution in [-0.2, 0) is 0 Å². The molecular weight excluding hydrogens is 416 g/mol. The van der Waals surface area contributed by atoms with Gasteiger partial charge in [-0.2, -0.15) is 0 Å². The fourth-order valence-electron chi connectivity index (χ4n) is 4.72. The molecule has 1 aromatic carbocycles. The van der Waals surface area contributed by atoms with Gasteiger partial charge in [0.1, 0.15) is 5.69 Å². The Hall–Kier alpha value is -2.67. The quantitative estimate of drug-likeness (QED) is 0.549. The molecule has 1 fully saturated rings. The second-order valence-corrected chi connectivity index (χ2v) is 10.4. The van der Waals surface area contributed by atoms with Crippen LogP contribution in [0.25, 0.3) is 11.1 Å². The highest BCUT2D eigenvalue weighted by molar-refractivity contribution is 5.66. The number of likely N-dealkylation sites (tertiary alicyclic amines) is 1. The van der Waals surface area contributed by atoms with Gasteiger partial charge < -0.3 is 5.11 Å². The summed E-state index contributed by atoms with van der Waals surface area (Å²) in [5.41, 5.74) is 6.46. The average molecular weight is 455 g/mol. The number of allylic oxidation sites excluding steroid dienone is 3. The molecule has 2 aliphatic rings. The van der Waals surface area contributed by atoms with Gasteiger partial charge in [0.15, 0.2) is 0 Å². The minimum Gasteiger partial charge on any atom is -0.390 e. The van der Waals surface area contributed by atoms with Crippen LogP contribution in [0.1, 0.15) is 81.7 Å². The zero-order chi connectivity index (χ0) is 24.0. The third kappa shape index (κ3) is 6.92. The van der Waals surface area contributed by atoms with E-state index in [0.717, 1.165) is 62.5 Å². The molecule has 1 aromatic heterocycles. The topological polar surface area (TPSA) is 36.4 Å². The third-order valence-electron chi connectivity index (χ3n) is 7.29. The summed E-state index contributed by atoms with van der Waals surface area (Å²) in [7, 11) is 0. The van der Waals surface area contributed by atoms with Gasteiger partial charge in [-0.25, -0.2) is 4.98 Å². The molecule has 2 heterocycles. The predicted molar refractivity (Wildman–Crippen MR) is 142 cm³/mol. The van der Waals surface area contributed by atoms with Crippen LogP contribution in [0.5, 0.6) is 0 Å². The fraction of sp³-hybridized carbons (Fsp3) is 0.452. The maximum absolute atomic E-state index is 10.3. The smallest absolute Gasteiger partial charge is 0.113 e. The molecule has 34 heavy (non-hydrogen) atoms. The fourth-order valence-corrected chi connectivity index (χ4v) is 4.72. The monoisotopic (exact) mass is 454 g/mol. The maximum atomic E-state index is 10.3. The molecule has 4 rings (SSSR count). The van der Waals surface area contributed by atoms with E-state index in [1.807, 2.05) is 19.2 Å². The van der Waals surface area contributed by atoms with Crippen molar-refractivity contribution in [2.75, 3.05) is 19.6 Å². The van der Waals surface area contributed by atoms with Crippen LogP contribution < -0.4 is 0 Å². The molecule has 0 spiro atoms. The highest BCUT2D eigenvalue weighted by atomic mass is 16.3. The minimum atomic E-state index is -0.506. The molecule has 2 aromatic rings. The van der Waals surface area contributed by atoms with Gasteiger partial charge in [-0.15, -0.1) is 0 Å². The number of aliphatic hydroxyl groups is 1. The Kier molecular flexibility index (Phi) is 8.03. The molecular formula is C31H38N2O. The first kappa shape index (κ1) is 24.5. The minimum absolute atomic E-state index is 0.506. The van der Waals surface area contributed by atoms with Gasteiger partial charge in [0.05, 0.1) is 5.60 Å². The highest BCUT2D eigenvalue weighted by Crippen LogP contribution is 2.29. The normalized spacial score (nSPS) is 24.1. The lowest BCUT2D eigenvalue weighted by Gasteiger charge is -2.21. The molecule has 3 heteroatoms. The van der Waals surface area contributed by atoms with Crippen LogP contribution in [0.4, 0.5) is 0 Å². The molecule has 2 atom stereocenters. The lowest BCUT2D eigenvalue weighted by atomic mass is 9.88. The Bertz CT molecular complexity index is 1080. The van der Waals surface area contributed by atoms with Crippen molar-refractivity contribution < 1.29 is 5.11 Å². The van der Waals surface area contributed by atoms with E-state index in [1.165, 1.54) is 35.1 Å². The summed E-state index contributed by atoms with van der Waals surface area (Å²) in [6.45, 7) is 9.39. The van der Waals surface area contributed by atoms with Gasteiger partial charge in [0.25, 0.3) is 0 Å². The highest BCUT2D eigenvalue weighted by Gasteiger charge is 2.24. The second-order valence-electron chi connectivity index (χ2n) is 10.4. The van der Waals surface area contributed by atoms with Crippen LogP contribution in [0.3, 0.4) is 0 Å². The standard InChI is InChI=1S/C31H38N2O/c1-24-5-10-28(11-6-24)29-14-16-30(32-23-29)15-9-26-7-12-27(13-8-26)25(2)17-21-33-20-4-18-31(3,34)19-22-33/h7-8,10,12-14,16-17,23-24,34H,4-6,11,18-22H2,1-3H3/b25-17+. The lowest BCUT2D eigenvalue weighted by Crippen LogP contribution is -2.28. The Labute approximate surface area is 205 Å². The van der Waals surface area contributed by atoms with Crippen LogP contribution in [0.2, 0.25) is 0 Å². The molecule has 0 bridgehead atoms. The van der Waals surface area contributed by atoms with E-state index in [2.05, 4.69) is 78.1 Å². The average Bonchev–Trinajstić information content (AvgIpc) is 3.02. The number of aromatic nitrogens is 1. The largest absolute Gasteiger partial charge is 0.390 e. The summed E-state index contributed by atoms with van der Waals surface area (Å²) in [5.74, 6) is 7.25. The Morgan fingerprint density at radius 2 is 1.97 bits per heavy atom. The van der Waals surface area contributed by atoms with Gasteiger partial charge in [0, 0.05) is 24.8 Å². The van der Waals surface area contributed by atoms with Gasteiger partial charge in [-0.05, 0) is 111 Å². The molecule has 0 amide bonds. The molecule has 2 unspecified atom stereocenters. The molecule has 1 aliphatic heterocycles. The van der Waals surface area contributed by atoms with Crippen molar-refractivity contribution in [3.05, 3.63) is 77.1 Å². The van der Waals surface area contributed by atoms with Crippen LogP contribution >= 0.6 is 0 Å². The van der Waals surface area contributed by atoms with E-state index >= 15 is 0 Å². The van der Waals surface area contributed by atoms with E-state index in [-0.39, 0.29) is 0 Å². The van der Waals surface area contributed by atoms with E-state index < -0.39 is 5.60 Å². The Balaban J connectivity index is 1.34. The molecule has 1 N–H and O–H groups in total. The molecule has 178 valence electrons. The number of hydrogen-bond acceptors (Lipinski definition) is 3. The summed E-state index contributed by atoms with van der Waals surface area (Å²) in [6, 6.07) is 12.7. The summed E-state index contributed by atoms with van der Waals surface area (Å²) >= 11 is 0. The van der Waals surface area contributed by atoms with E-state index in [9.17, 15) is 5.11 Å². The first-order valence-electron chi connectivity index (χ1n) is 12.8. The zero-order valence-electron chi connectivity index (χ0n) is 21.0. The second kappa shape index (κ2) is 11.2. The Morgan fingerprint density at radius 1 is 1.15 bits per heavy atom. The van der Waals surface area contributed by atoms with Gasteiger partial charge in [0.2, 0.25) is 0 Å². The molecule has 3 nitrogen and oxygen atoms in total. The summed E-state index contributed by atoms with van der Waals surface area (Å²) in [4.78, 5) is 7.01. The molecule has 1 saturated heterocycles. The zero-order valence-corrected chi connectivity index (χ0v) is 21.0. The van der Waals surface area contributed by atoms with E-state index in [4.69, 9.17) is 0 Å². The maximum Gasteiger partial charge on any atom is 0.113 e. The molecule has 1 aliphatic carbocycles. The van der Waals surface area contributed by atoms with Gasteiger partial charge >= 0.3 is 0 Å². The number of hydrogen-bond donors (Lipinski definition) is 1. The van der Waals surface area contributed by atoms with Crippen LogP contribution in [0, 0.1) is 17.8 Å². The van der Waals surface area contributed by atoms with Crippen molar-refractivity contribution >= 4 is 11.1 Å². The molecule has 0 saturated carbocycles. The van der Waals surface area contributed by atoms with E-state index in [1.54, 1.807) is 0 Å². The van der Waals surface area contributed by atoms with Crippen LogP contribution in [-0.4, -0.2) is 40.2 Å². The summed E-state index contributed by atoms with van der Waals surface area (Å²) < 4.78 is 0. The van der Waals surface area contributed by atoms with Gasteiger partial charge in [-0.1, -0.05) is 43.2 Å². The summed E-state index contributed by atoms with van der Waals surface area (Å²) in [6.07, 6.45) is 13.0. The summed E-state index contributed by atoms with van der Waals surface area (Å²) in [5, 5.41) is 10.3. The van der Waals surface area contributed by atoms with Crippen molar-refractivity contribution in [1.82, 2.24) is 9.88 Å². The first-order chi connectivity index (χ1) is 16.4. The van der Waals surface area contributed by atoms with Crippen molar-refractivity contribution in [2.45, 2.75) is 64.9 Å². The van der Waals surface area contributed by atoms with E-state index in [0.29, 0.717) is 0 Å². The van der Waals surface area contributed by atoms with Gasteiger partial charge in [-0.3, -0.25) is 4.90 Å². The Morgan fingerprint density at radius 3 is 2.68 bits per heavy atom. The SMILES string of the molecule is C/C(=C\CN1CCCC(C)(O)CC1)c1ccc(C#Cc2ccc(C3=CCC(C)CC3)cn2)cc1. The van der Waals surface area contributed by atoms with Crippen LogP contribution in [0.15, 0.2) is 54.7 Å². The number of benzene rings is 1. The van der Waals surface area contributed by atoms with Crippen molar-refractivity contribution in [3.8, 4) is 11.8 Å². The van der Waals surface area contributed by atoms with Crippen molar-refractivity contribution in [1.29, 1.82) is 0 Å². The number of pyridine rings is 1. The number of rotatable bonds is 4. The lowest BCUT2D eigenvalue weighted by molar-refractivity contribution is 0.0450. The predicted octanol–water partition coefficient (Wildman–Crippen LogP) is 6.33. The van der Waals surface area contributed by atoms with Crippen molar-refractivity contribution in [2.24, 2.45) is 5.92 Å². The first-order valence-corrected chi connectivity index (χ1v) is 12.8. The molecule has 0 radical (unpaired) electrons. The third-order valence-corrected chi connectivity index (χ3v) is 7.29. The number of nitrogens with zero attached hydrogens (tertiary/aromatic N) is 2. The van der Waals surface area contributed by atoms with Crippen molar-refractivity contribution in [3.63, 3.8) is 0 Å².